The molecule has 250 valence electrons. The third-order valence-electron chi connectivity index (χ3n) is 10.2. The van der Waals surface area contributed by atoms with Crippen molar-refractivity contribution < 1.29 is 27.4 Å². The molecule has 5 atom stereocenters. The van der Waals surface area contributed by atoms with Crippen molar-refractivity contribution >= 4 is 33.2 Å². The van der Waals surface area contributed by atoms with Crippen LogP contribution in [0, 0.1) is 23.6 Å². The van der Waals surface area contributed by atoms with Gasteiger partial charge in [0, 0.05) is 29.6 Å². The third-order valence-corrected chi connectivity index (χ3v) is 12.4. The molecule has 1 amide bonds. The van der Waals surface area contributed by atoms with E-state index in [4.69, 9.17) is 16.3 Å². The molecule has 0 saturated heterocycles. The van der Waals surface area contributed by atoms with Crippen molar-refractivity contribution in [1.82, 2.24) is 9.71 Å². The lowest BCUT2D eigenvalue weighted by Crippen LogP contribution is -2.49. The monoisotopic (exact) mass is 681 g/mol. The first-order valence-corrected chi connectivity index (χ1v) is 18.2. The Kier molecular flexibility index (Phi) is 9.65. The molecule has 3 aliphatic rings. The van der Waals surface area contributed by atoms with Gasteiger partial charge in [0.1, 0.15) is 23.8 Å². The highest BCUT2D eigenvalue weighted by Gasteiger charge is 2.48. The molecule has 11 heteroatoms. The summed E-state index contributed by atoms with van der Waals surface area (Å²) in [7, 11) is -4.04. The number of aliphatic hydroxyl groups is 1. The molecule has 1 aliphatic carbocycles. The summed E-state index contributed by atoms with van der Waals surface area (Å²) in [5.74, 6) is -1.16. The maximum absolute atomic E-state index is 13.9. The van der Waals surface area contributed by atoms with Crippen LogP contribution in [0.3, 0.4) is 0 Å². The van der Waals surface area contributed by atoms with Crippen molar-refractivity contribution in [2.75, 3.05) is 18.0 Å². The summed E-state index contributed by atoms with van der Waals surface area (Å²) in [6.07, 6.45) is 9.12. The number of carbonyl (C=O) groups excluding carboxylic acids is 1. The maximum Gasteiger partial charge on any atom is 0.264 e. The minimum Gasteiger partial charge on any atom is -0.487 e. The largest absolute Gasteiger partial charge is 0.487 e. The normalized spacial score (nSPS) is 28.7. The number of anilines is 1. The number of aryl methyl sites for hydroxylation is 1. The van der Waals surface area contributed by atoms with Gasteiger partial charge < -0.3 is 14.7 Å². The number of halogens is 2. The number of nitrogens with zero attached hydrogens (tertiary/aromatic N) is 2. The van der Waals surface area contributed by atoms with E-state index in [1.807, 2.05) is 18.2 Å². The predicted molar refractivity (Wildman–Crippen MR) is 180 cm³/mol. The average Bonchev–Trinajstić information content (AvgIpc) is 3.05. The highest BCUT2D eigenvalue weighted by atomic mass is 35.5. The number of allylic oxidation sites excluding steroid dienone is 1. The van der Waals surface area contributed by atoms with Gasteiger partial charge in [0.2, 0.25) is 10.0 Å². The van der Waals surface area contributed by atoms with E-state index in [-0.39, 0.29) is 23.3 Å². The number of nitrogens with one attached hydrogen (secondary N) is 1. The Bertz CT molecular complexity index is 1770. The van der Waals surface area contributed by atoms with Crippen LogP contribution in [0.5, 0.6) is 5.75 Å². The number of rotatable bonds is 1. The molecule has 3 heterocycles. The number of fused-ring (bicyclic) bond motifs is 3. The topological polar surface area (TPSA) is 109 Å². The number of sulfonamides is 1. The van der Waals surface area contributed by atoms with Crippen molar-refractivity contribution in [3.05, 3.63) is 100 Å². The van der Waals surface area contributed by atoms with E-state index in [1.54, 1.807) is 44.2 Å². The number of hydrogen-bond acceptors (Lipinski definition) is 7. The summed E-state index contributed by atoms with van der Waals surface area (Å²) < 4.78 is 49.4. The van der Waals surface area contributed by atoms with E-state index in [9.17, 15) is 22.7 Å². The number of pyridine rings is 1. The van der Waals surface area contributed by atoms with Gasteiger partial charge in [-0.3, -0.25) is 9.78 Å². The lowest BCUT2D eigenvalue weighted by Gasteiger charge is -2.48. The van der Waals surface area contributed by atoms with E-state index < -0.39 is 32.6 Å². The molecule has 8 nitrogen and oxygen atoms in total. The highest BCUT2D eigenvalue weighted by Crippen LogP contribution is 2.48. The smallest absolute Gasteiger partial charge is 0.264 e. The fourth-order valence-corrected chi connectivity index (χ4v) is 8.46. The van der Waals surface area contributed by atoms with Crippen molar-refractivity contribution in [3.63, 3.8) is 0 Å². The van der Waals surface area contributed by atoms with E-state index in [0.717, 1.165) is 49.4 Å². The Balaban J connectivity index is 1.43. The summed E-state index contributed by atoms with van der Waals surface area (Å²) in [4.78, 5) is 19.9. The lowest BCUT2D eigenvalue weighted by atomic mass is 9.63. The number of benzene rings is 2. The van der Waals surface area contributed by atoms with Crippen LogP contribution < -0.4 is 14.4 Å². The van der Waals surface area contributed by atoms with Crippen LogP contribution in [0.15, 0.2) is 66.9 Å². The first-order valence-electron chi connectivity index (χ1n) is 16.3. The number of aromatic nitrogens is 1. The Morgan fingerprint density at radius 2 is 1.91 bits per heavy atom. The second-order valence-corrected chi connectivity index (χ2v) is 15.7. The minimum absolute atomic E-state index is 0.0487. The van der Waals surface area contributed by atoms with Crippen LogP contribution in [0.2, 0.25) is 5.02 Å². The van der Waals surface area contributed by atoms with E-state index >= 15 is 0 Å². The van der Waals surface area contributed by atoms with Crippen LogP contribution in [0.1, 0.15) is 73.1 Å². The molecule has 1 fully saturated rings. The van der Waals surface area contributed by atoms with Gasteiger partial charge in [0.05, 0.1) is 22.8 Å². The van der Waals surface area contributed by atoms with Crippen LogP contribution in [0.4, 0.5) is 10.1 Å². The van der Waals surface area contributed by atoms with E-state index in [2.05, 4.69) is 14.6 Å². The van der Waals surface area contributed by atoms with Gasteiger partial charge in [-0.1, -0.05) is 36.7 Å². The number of ether oxygens (including phenoxy) is 1. The fourth-order valence-electron chi connectivity index (χ4n) is 6.98. The van der Waals surface area contributed by atoms with Gasteiger partial charge in [-0.2, -0.15) is 0 Å². The van der Waals surface area contributed by atoms with Gasteiger partial charge in [-0.15, -0.1) is 0 Å². The summed E-state index contributed by atoms with van der Waals surface area (Å²) in [6, 6.07) is 13.7. The third kappa shape index (κ3) is 7.05. The Morgan fingerprint density at radius 3 is 2.66 bits per heavy atom. The molecular formula is C36H41ClFN3O5S. The molecule has 2 aromatic carbocycles. The van der Waals surface area contributed by atoms with E-state index in [0.29, 0.717) is 48.3 Å². The molecule has 0 radical (unpaired) electrons. The van der Waals surface area contributed by atoms with Crippen LogP contribution >= 0.6 is 11.6 Å². The zero-order chi connectivity index (χ0) is 33.3. The second kappa shape index (κ2) is 13.6. The molecule has 0 unspecified atom stereocenters. The standard InChI is InChI=1S/C36H41ClFN3O5S/c1-23-6-5-16-36(43,34-15-12-30(38)20-39-34)31-13-9-27(31)21-41-17-4-3-7-25-18-29(37)11-8-28(25)22-46-33-14-10-26(19-32(33)41)35(42)40-47(44,45)24(23)2/h5,8,10-12,14-16,18-20,23-24,27,31,43H,3-4,6-7,9,13,17,21-22H2,1-2H3,(H,40,42)/b16-5+/t23-,24+,27-,31+,36-/m0/s1. The molecular weight excluding hydrogens is 641 g/mol. The van der Waals surface area contributed by atoms with E-state index in [1.165, 1.54) is 12.1 Å². The quantitative estimate of drug-likeness (QED) is 0.280. The highest BCUT2D eigenvalue weighted by molar-refractivity contribution is 7.90. The molecule has 3 aromatic rings. The Labute approximate surface area is 281 Å². The fraction of sp³-hybridized carbons (Fsp3) is 0.444. The summed E-state index contributed by atoms with van der Waals surface area (Å²) >= 11 is 6.33. The summed E-state index contributed by atoms with van der Waals surface area (Å²) in [5.41, 5.74) is 1.93. The zero-order valence-corrected chi connectivity index (χ0v) is 28.2. The molecule has 6 rings (SSSR count). The lowest BCUT2D eigenvalue weighted by molar-refractivity contribution is -0.0528. The van der Waals surface area contributed by atoms with Crippen molar-refractivity contribution in [1.29, 1.82) is 0 Å². The maximum atomic E-state index is 13.9. The predicted octanol–water partition coefficient (Wildman–Crippen LogP) is 6.55. The number of amides is 1. The van der Waals surface area contributed by atoms with Gasteiger partial charge in [-0.25, -0.2) is 17.5 Å². The zero-order valence-electron chi connectivity index (χ0n) is 26.7. The van der Waals surface area contributed by atoms with Crippen molar-refractivity contribution in [2.24, 2.45) is 17.8 Å². The molecule has 47 heavy (non-hydrogen) atoms. The van der Waals surface area contributed by atoms with Crippen LogP contribution in [-0.4, -0.2) is 42.8 Å². The van der Waals surface area contributed by atoms with Crippen molar-refractivity contribution in [2.45, 2.75) is 69.8 Å². The van der Waals surface area contributed by atoms with Crippen LogP contribution in [-0.2, 0) is 28.7 Å². The van der Waals surface area contributed by atoms with Gasteiger partial charge in [0.15, 0.2) is 0 Å². The molecule has 0 spiro atoms. The molecule has 2 bridgehead atoms. The van der Waals surface area contributed by atoms with Gasteiger partial charge >= 0.3 is 0 Å². The molecule has 2 aliphatic heterocycles. The first-order chi connectivity index (χ1) is 22.4. The summed E-state index contributed by atoms with van der Waals surface area (Å²) in [6.45, 7) is 4.88. The SMILES string of the molecule is C[C@@H]1[C@@H](C)C/C=C/[C@@](O)(c2ccc(F)cn2)[C@@H]2CC[C@H]2CN2CCCCc3cc(Cl)ccc3COc3ccc(cc32)C(=O)NS1(=O)=O. The molecule has 2 N–H and O–H groups in total. The summed E-state index contributed by atoms with van der Waals surface area (Å²) in [5, 5.41) is 12.1. The molecule has 1 saturated carbocycles. The average molecular weight is 682 g/mol. The Morgan fingerprint density at radius 1 is 1.09 bits per heavy atom. The minimum atomic E-state index is -4.04. The van der Waals surface area contributed by atoms with Gasteiger partial charge in [-0.05, 0) is 111 Å². The first kappa shape index (κ1) is 33.4. The van der Waals surface area contributed by atoms with Crippen LogP contribution in [0.25, 0.3) is 0 Å². The molecule has 1 aromatic heterocycles. The van der Waals surface area contributed by atoms with Gasteiger partial charge in [0.25, 0.3) is 5.91 Å². The second-order valence-electron chi connectivity index (χ2n) is 13.2. The number of carbonyl (C=O) groups is 1. The van der Waals surface area contributed by atoms with Crippen molar-refractivity contribution in [3.8, 4) is 5.75 Å². The Hall–Kier alpha value is -3.47. The number of hydrogen-bond donors (Lipinski definition) is 2.